The summed E-state index contributed by atoms with van der Waals surface area (Å²) in [6.07, 6.45) is 15.3. The highest BCUT2D eigenvalue weighted by Crippen LogP contribution is 2.48. The summed E-state index contributed by atoms with van der Waals surface area (Å²) in [5.74, 6) is -0.290. The Labute approximate surface area is 216 Å². The minimum Gasteiger partial charge on any atom is -0.463 e. The van der Waals surface area contributed by atoms with Crippen LogP contribution in [0.4, 0.5) is 0 Å². The van der Waals surface area contributed by atoms with Crippen LogP contribution in [-0.4, -0.2) is 59.6 Å². The zero-order valence-corrected chi connectivity index (χ0v) is 22.8. The molecule has 36 heavy (non-hydrogen) atoms. The van der Waals surface area contributed by atoms with Crippen LogP contribution in [0.3, 0.4) is 0 Å². The second-order valence-electron chi connectivity index (χ2n) is 10.1. The van der Waals surface area contributed by atoms with Crippen LogP contribution < -0.4 is 5.73 Å². The van der Waals surface area contributed by atoms with Gasteiger partial charge >= 0.3 is 13.8 Å². The lowest BCUT2D eigenvalue weighted by molar-refractivity contribution is -0.148. The van der Waals surface area contributed by atoms with Gasteiger partial charge in [0.25, 0.3) is 0 Å². The summed E-state index contributed by atoms with van der Waals surface area (Å²) in [4.78, 5) is 22.3. The summed E-state index contributed by atoms with van der Waals surface area (Å²) >= 11 is 0. The Bertz CT molecular complexity index is 691. The third-order valence-electron chi connectivity index (χ3n) is 6.64. The fraction of sp³-hybridized carbons (Fsp3) is 0.885. The zero-order valence-electron chi connectivity index (χ0n) is 21.9. The molecule has 4 N–H and O–H groups in total. The molecule has 0 saturated carbocycles. The lowest BCUT2D eigenvalue weighted by atomic mass is 10.0. The smallest absolute Gasteiger partial charge is 0.463 e. The number of cyclic esters (lactones) is 1. The molecule has 2 rings (SSSR count). The van der Waals surface area contributed by atoms with Crippen LogP contribution in [0.25, 0.3) is 0 Å². The van der Waals surface area contributed by atoms with Crippen LogP contribution in [0.5, 0.6) is 0 Å². The first-order valence-corrected chi connectivity index (χ1v) is 15.3. The Kier molecular flexibility index (Phi) is 15.4. The number of carbonyl (C=O) groups is 1. The Morgan fingerprint density at radius 1 is 1.03 bits per heavy atom. The van der Waals surface area contributed by atoms with Crippen molar-refractivity contribution in [2.24, 2.45) is 5.73 Å². The van der Waals surface area contributed by atoms with E-state index >= 15 is 0 Å². The van der Waals surface area contributed by atoms with Crippen LogP contribution in [0.1, 0.15) is 103 Å². The summed E-state index contributed by atoms with van der Waals surface area (Å²) in [6, 6.07) is 0. The molecule has 1 saturated heterocycles. The van der Waals surface area contributed by atoms with Crippen LogP contribution in [0.2, 0.25) is 0 Å². The molecular weight excluding hydrogens is 485 g/mol. The van der Waals surface area contributed by atoms with Crippen molar-refractivity contribution in [3.05, 3.63) is 12.2 Å². The number of hydrogen-bond donors (Lipinski definition) is 3. The fourth-order valence-corrected chi connectivity index (χ4v) is 5.57. The lowest BCUT2D eigenvalue weighted by Crippen LogP contribution is -2.24. The number of epoxide rings is 1. The molecular formula is C26H48NO8P. The third kappa shape index (κ3) is 14.2. The number of hydrogen-bond acceptors (Lipinski definition) is 8. The summed E-state index contributed by atoms with van der Waals surface area (Å²) in [5.41, 5.74) is 5.36. The first-order valence-electron chi connectivity index (χ1n) is 13.8. The number of aliphatic hydroxyl groups excluding tert-OH is 1. The van der Waals surface area contributed by atoms with Crippen molar-refractivity contribution in [1.29, 1.82) is 0 Å². The number of fused-ring (bicyclic) bond motifs is 1. The molecule has 0 aromatic rings. The van der Waals surface area contributed by atoms with Crippen molar-refractivity contribution in [2.75, 3.05) is 13.2 Å². The number of esters is 1. The second-order valence-corrected chi connectivity index (χ2v) is 11.5. The highest BCUT2D eigenvalue weighted by molar-refractivity contribution is 7.47. The highest BCUT2D eigenvalue weighted by Gasteiger charge is 2.48. The van der Waals surface area contributed by atoms with Gasteiger partial charge < -0.3 is 25.2 Å². The van der Waals surface area contributed by atoms with Gasteiger partial charge in [0, 0.05) is 19.4 Å². The minimum absolute atomic E-state index is 0.0909. The maximum Gasteiger partial charge on any atom is 0.472 e. The van der Waals surface area contributed by atoms with E-state index in [0.29, 0.717) is 25.7 Å². The maximum absolute atomic E-state index is 12.3. The van der Waals surface area contributed by atoms with E-state index in [2.05, 4.69) is 12.2 Å². The normalized spacial score (nSPS) is 33.3. The van der Waals surface area contributed by atoms with Crippen molar-refractivity contribution in [2.45, 2.75) is 134 Å². The number of rotatable bonds is 5. The Morgan fingerprint density at radius 3 is 2.47 bits per heavy atom. The number of phosphoric ester groups is 1. The first kappa shape index (κ1) is 31.4. The van der Waals surface area contributed by atoms with Gasteiger partial charge in [0.15, 0.2) is 0 Å². The van der Waals surface area contributed by atoms with Crippen LogP contribution in [-0.2, 0) is 27.9 Å². The summed E-state index contributed by atoms with van der Waals surface area (Å²) in [5, 5.41) is 10.4. The van der Waals surface area contributed by atoms with Gasteiger partial charge in [-0.1, -0.05) is 44.3 Å². The minimum atomic E-state index is -4.31. The molecule has 0 radical (unpaired) electrons. The van der Waals surface area contributed by atoms with E-state index < -0.39 is 26.1 Å². The molecule has 0 spiro atoms. The monoisotopic (exact) mass is 533 g/mol. The standard InChI is InChI=1S/C26H48NO8P/c1-21-14-11-9-7-5-3-2-4-6-8-10-12-15-22(28)20-24-26(34-24)23(16-13-17-25(29)33-21)35-36(30,31)32-19-18-27/h5,7,21-24,26,28H,2-4,6,8-20,27H2,1H3,(H,30,31)/b7-5+. The molecule has 9 nitrogen and oxygen atoms in total. The summed E-state index contributed by atoms with van der Waals surface area (Å²) < 4.78 is 33.9. The van der Waals surface area contributed by atoms with Gasteiger partial charge in [-0.05, 0) is 58.3 Å². The quantitative estimate of drug-likeness (QED) is 0.194. The largest absolute Gasteiger partial charge is 0.472 e. The molecule has 2 heterocycles. The third-order valence-corrected chi connectivity index (χ3v) is 7.69. The van der Waals surface area contributed by atoms with Gasteiger partial charge in [0.1, 0.15) is 6.10 Å². The average Bonchev–Trinajstić information content (AvgIpc) is 3.58. The van der Waals surface area contributed by atoms with Gasteiger partial charge in [-0.25, -0.2) is 4.57 Å². The van der Waals surface area contributed by atoms with Crippen molar-refractivity contribution in [3.8, 4) is 0 Å². The van der Waals surface area contributed by atoms with Crippen LogP contribution >= 0.6 is 7.82 Å². The van der Waals surface area contributed by atoms with Crippen LogP contribution in [0, 0.1) is 0 Å². The van der Waals surface area contributed by atoms with E-state index in [4.69, 9.17) is 24.3 Å². The van der Waals surface area contributed by atoms with E-state index in [-0.39, 0.29) is 37.7 Å². The van der Waals surface area contributed by atoms with Gasteiger partial charge in [0.2, 0.25) is 0 Å². The molecule has 0 aromatic carbocycles. The molecule has 2 aliphatic rings. The van der Waals surface area contributed by atoms with Gasteiger partial charge in [-0.15, -0.1) is 0 Å². The summed E-state index contributed by atoms with van der Waals surface area (Å²) in [7, 11) is -4.31. The second kappa shape index (κ2) is 17.7. The molecule has 10 heteroatoms. The van der Waals surface area contributed by atoms with Gasteiger partial charge in [-0.2, -0.15) is 0 Å². The van der Waals surface area contributed by atoms with Crippen molar-refractivity contribution in [1.82, 2.24) is 0 Å². The zero-order chi connectivity index (χ0) is 26.2. The molecule has 6 atom stereocenters. The number of nitrogens with two attached hydrogens (primary N) is 1. The number of aliphatic hydroxyl groups is 1. The predicted molar refractivity (Wildman–Crippen MR) is 138 cm³/mol. The highest BCUT2D eigenvalue weighted by atomic mass is 31.2. The lowest BCUT2D eigenvalue weighted by Gasteiger charge is -2.20. The van der Waals surface area contributed by atoms with E-state index in [0.717, 1.165) is 38.5 Å². The maximum atomic E-state index is 12.3. The van der Waals surface area contributed by atoms with E-state index in [1.165, 1.54) is 25.7 Å². The molecule has 6 unspecified atom stereocenters. The van der Waals surface area contributed by atoms with Gasteiger partial charge in [-0.3, -0.25) is 13.8 Å². The fourth-order valence-electron chi connectivity index (χ4n) is 4.60. The molecule has 2 aliphatic heterocycles. The number of carbonyl (C=O) groups excluding carboxylic acids is 1. The van der Waals surface area contributed by atoms with Crippen LogP contribution in [0.15, 0.2) is 12.2 Å². The van der Waals surface area contributed by atoms with Gasteiger partial charge in [0.05, 0.1) is 31.0 Å². The molecule has 0 aliphatic carbocycles. The van der Waals surface area contributed by atoms with E-state index in [1.807, 2.05) is 6.92 Å². The molecule has 1 fully saturated rings. The molecule has 210 valence electrons. The van der Waals surface area contributed by atoms with Crippen molar-refractivity contribution in [3.63, 3.8) is 0 Å². The number of ether oxygens (including phenoxy) is 2. The number of allylic oxidation sites excluding steroid dienone is 2. The van der Waals surface area contributed by atoms with Crippen molar-refractivity contribution < 1.29 is 37.9 Å². The SMILES string of the molecule is CC1CCC/C=C/CCCCCCCCC(O)CC2OC2C(OP(=O)(O)OCCN)CCCC(=O)O1. The topological polar surface area (TPSA) is 141 Å². The Morgan fingerprint density at radius 2 is 1.72 bits per heavy atom. The Balaban J connectivity index is 1.91. The summed E-state index contributed by atoms with van der Waals surface area (Å²) in [6.45, 7) is 1.89. The molecule has 0 bridgehead atoms. The average molecular weight is 534 g/mol. The van der Waals surface area contributed by atoms with E-state index in [1.54, 1.807) is 0 Å². The van der Waals surface area contributed by atoms with Crippen molar-refractivity contribution >= 4 is 13.8 Å². The molecule has 0 aromatic heterocycles. The molecule has 0 amide bonds. The predicted octanol–water partition coefficient (Wildman–Crippen LogP) is 4.93. The van der Waals surface area contributed by atoms with E-state index in [9.17, 15) is 19.4 Å². The number of phosphoric acid groups is 1. The first-order chi connectivity index (χ1) is 17.3. The Hall–Kier alpha value is -0.800.